The van der Waals surface area contributed by atoms with E-state index in [1.807, 2.05) is 95.3 Å². The van der Waals surface area contributed by atoms with E-state index in [9.17, 15) is 18.0 Å². The minimum Gasteiger partial charge on any atom is -0.497 e. The number of carbonyl (C=O) groups is 2. The molecule has 0 bridgehead atoms. The summed E-state index contributed by atoms with van der Waals surface area (Å²) in [6.07, 6.45) is 0.230. The molecule has 4 rings (SSSR count). The number of methoxy groups -OCH3 is 1. The van der Waals surface area contributed by atoms with Crippen LogP contribution in [0, 0.1) is 13.8 Å². The van der Waals surface area contributed by atoms with E-state index in [2.05, 4.69) is 5.32 Å². The number of ether oxygens (including phenoxy) is 1. The monoisotopic (exact) mass is 641 g/mol. The fourth-order valence-electron chi connectivity index (χ4n) is 5.29. The molecule has 0 aliphatic heterocycles. The number of hydrogen-bond acceptors (Lipinski definition) is 5. The molecule has 242 valence electrons. The van der Waals surface area contributed by atoms with Crippen LogP contribution in [0.3, 0.4) is 0 Å². The molecule has 1 N–H and O–H groups in total. The maximum atomic E-state index is 14.7. The van der Waals surface area contributed by atoms with Gasteiger partial charge in [0.2, 0.25) is 11.8 Å². The smallest absolute Gasteiger partial charge is 0.264 e. The van der Waals surface area contributed by atoms with E-state index in [1.165, 1.54) is 17.0 Å². The summed E-state index contributed by atoms with van der Waals surface area (Å²) in [6.45, 7) is 8.93. The molecule has 0 radical (unpaired) electrons. The molecule has 0 saturated heterocycles. The van der Waals surface area contributed by atoms with Crippen LogP contribution in [-0.2, 0) is 32.6 Å². The lowest BCUT2D eigenvalue weighted by molar-refractivity contribution is -0.140. The fraction of sp³-hybridized carbons (Fsp3) is 0.297. The summed E-state index contributed by atoms with van der Waals surface area (Å²) in [4.78, 5) is 30.2. The van der Waals surface area contributed by atoms with Crippen LogP contribution in [0.25, 0.3) is 0 Å². The van der Waals surface area contributed by atoms with Crippen LogP contribution in [0.15, 0.2) is 108 Å². The lowest BCUT2D eigenvalue weighted by Crippen LogP contribution is -2.56. The Labute approximate surface area is 273 Å². The molecule has 0 fully saturated rings. The average Bonchev–Trinajstić information content (AvgIpc) is 3.02. The fourth-order valence-corrected chi connectivity index (χ4v) is 6.79. The Balaban J connectivity index is 1.85. The summed E-state index contributed by atoms with van der Waals surface area (Å²) in [6, 6.07) is 29.3. The lowest BCUT2D eigenvalue weighted by atomic mass is 10.0. The number of anilines is 1. The minimum absolute atomic E-state index is 0.0528. The second-order valence-corrected chi connectivity index (χ2v) is 14.3. The van der Waals surface area contributed by atoms with Crippen molar-refractivity contribution in [3.8, 4) is 5.75 Å². The molecule has 8 nitrogen and oxygen atoms in total. The second-order valence-electron chi connectivity index (χ2n) is 12.4. The van der Waals surface area contributed by atoms with Gasteiger partial charge in [-0.1, -0.05) is 78.4 Å². The first-order valence-corrected chi connectivity index (χ1v) is 16.7. The molecule has 1 atom stereocenters. The number of hydrogen-bond donors (Lipinski definition) is 1. The van der Waals surface area contributed by atoms with Gasteiger partial charge in [0, 0.05) is 18.5 Å². The van der Waals surface area contributed by atoms with Gasteiger partial charge in [0.05, 0.1) is 17.7 Å². The van der Waals surface area contributed by atoms with E-state index in [-0.39, 0.29) is 23.8 Å². The Bertz CT molecular complexity index is 1750. The molecular weight excluding hydrogens is 598 g/mol. The van der Waals surface area contributed by atoms with Crippen molar-refractivity contribution in [1.82, 2.24) is 10.2 Å². The Morgan fingerprint density at radius 1 is 0.826 bits per heavy atom. The van der Waals surface area contributed by atoms with E-state index in [4.69, 9.17) is 4.74 Å². The predicted octanol–water partition coefficient (Wildman–Crippen LogP) is 6.06. The van der Waals surface area contributed by atoms with Crippen molar-refractivity contribution in [1.29, 1.82) is 0 Å². The van der Waals surface area contributed by atoms with Crippen molar-refractivity contribution in [3.05, 3.63) is 125 Å². The third-order valence-electron chi connectivity index (χ3n) is 7.49. The predicted molar refractivity (Wildman–Crippen MR) is 182 cm³/mol. The van der Waals surface area contributed by atoms with Crippen molar-refractivity contribution in [2.75, 3.05) is 18.0 Å². The lowest BCUT2D eigenvalue weighted by Gasteiger charge is -2.35. The summed E-state index contributed by atoms with van der Waals surface area (Å²) in [7, 11) is -2.61. The van der Waals surface area contributed by atoms with Crippen LogP contribution in [0.2, 0.25) is 0 Å². The van der Waals surface area contributed by atoms with E-state index in [0.29, 0.717) is 17.0 Å². The zero-order valence-electron chi connectivity index (χ0n) is 27.4. The standard InChI is InChI=1S/C37H43N3O5S/c1-27-20-21-33(28(2)22-27)40(46(43,44)32-18-11-8-12-19-32)26-35(41)39(25-30-16-13-17-31(23-30)45-6)34(36(42)38-37(3,4)5)24-29-14-9-7-10-15-29/h7-23,34H,24-26H2,1-6H3,(H,38,42)/t34-/m0/s1. The van der Waals surface area contributed by atoms with Crippen LogP contribution in [0.1, 0.15) is 43.0 Å². The van der Waals surface area contributed by atoms with Gasteiger partial charge in [-0.05, 0) is 81.6 Å². The van der Waals surface area contributed by atoms with Crippen molar-refractivity contribution in [2.24, 2.45) is 0 Å². The third-order valence-corrected chi connectivity index (χ3v) is 9.26. The first-order valence-electron chi connectivity index (χ1n) is 15.2. The third kappa shape index (κ3) is 8.75. The van der Waals surface area contributed by atoms with Crippen molar-refractivity contribution in [2.45, 2.75) is 64.1 Å². The van der Waals surface area contributed by atoms with Gasteiger partial charge in [-0.25, -0.2) is 8.42 Å². The summed E-state index contributed by atoms with van der Waals surface area (Å²) in [5.41, 5.74) is 3.09. The Morgan fingerprint density at radius 3 is 2.07 bits per heavy atom. The highest BCUT2D eigenvalue weighted by Gasteiger charge is 2.36. The van der Waals surface area contributed by atoms with E-state index < -0.39 is 34.1 Å². The molecule has 4 aromatic carbocycles. The molecule has 2 amide bonds. The number of amides is 2. The first kappa shape index (κ1) is 34.2. The highest BCUT2D eigenvalue weighted by atomic mass is 32.2. The Morgan fingerprint density at radius 2 is 1.46 bits per heavy atom. The number of aryl methyl sites for hydroxylation is 2. The molecule has 0 unspecified atom stereocenters. The Hall–Kier alpha value is -4.63. The maximum absolute atomic E-state index is 14.7. The summed E-state index contributed by atoms with van der Waals surface area (Å²) in [5, 5.41) is 3.05. The van der Waals surface area contributed by atoms with Gasteiger partial charge in [0.15, 0.2) is 0 Å². The number of carbonyl (C=O) groups excluding carboxylic acids is 2. The van der Waals surface area contributed by atoms with E-state index in [0.717, 1.165) is 21.0 Å². The molecule has 0 saturated carbocycles. The van der Waals surface area contributed by atoms with Gasteiger partial charge in [0.25, 0.3) is 10.0 Å². The van der Waals surface area contributed by atoms with Crippen LogP contribution >= 0.6 is 0 Å². The van der Waals surface area contributed by atoms with E-state index >= 15 is 0 Å². The van der Waals surface area contributed by atoms with Crippen LogP contribution in [-0.4, -0.2) is 50.4 Å². The van der Waals surface area contributed by atoms with E-state index in [1.54, 1.807) is 37.4 Å². The number of benzene rings is 4. The number of sulfonamides is 1. The second kappa shape index (κ2) is 14.6. The largest absolute Gasteiger partial charge is 0.497 e. The van der Waals surface area contributed by atoms with Crippen LogP contribution < -0.4 is 14.4 Å². The highest BCUT2D eigenvalue weighted by molar-refractivity contribution is 7.92. The first-order chi connectivity index (χ1) is 21.8. The normalized spacial score (nSPS) is 12.2. The molecule has 0 aliphatic carbocycles. The van der Waals surface area contributed by atoms with Crippen molar-refractivity contribution >= 4 is 27.5 Å². The number of nitrogens with zero attached hydrogens (tertiary/aromatic N) is 2. The van der Waals surface area contributed by atoms with Gasteiger partial charge in [-0.2, -0.15) is 0 Å². The van der Waals surface area contributed by atoms with Crippen LogP contribution in [0.5, 0.6) is 5.75 Å². The quantitative estimate of drug-likeness (QED) is 0.203. The maximum Gasteiger partial charge on any atom is 0.264 e. The highest BCUT2D eigenvalue weighted by Crippen LogP contribution is 2.29. The molecule has 0 aliphatic rings. The molecular formula is C37H43N3O5S. The molecule has 0 heterocycles. The Kier molecular flexibility index (Phi) is 10.9. The number of rotatable bonds is 12. The summed E-state index contributed by atoms with van der Waals surface area (Å²) >= 11 is 0. The molecule has 0 aromatic heterocycles. The molecule has 9 heteroatoms. The van der Waals surface area contributed by atoms with Crippen molar-refractivity contribution in [3.63, 3.8) is 0 Å². The van der Waals surface area contributed by atoms with Gasteiger partial charge in [-0.3, -0.25) is 13.9 Å². The van der Waals surface area contributed by atoms with Gasteiger partial charge < -0.3 is 15.0 Å². The SMILES string of the molecule is COc1cccc(CN(C(=O)CN(c2ccc(C)cc2C)S(=O)(=O)c2ccccc2)[C@@H](Cc2ccccc2)C(=O)NC(C)(C)C)c1. The van der Waals surface area contributed by atoms with Gasteiger partial charge in [-0.15, -0.1) is 0 Å². The van der Waals surface area contributed by atoms with Gasteiger partial charge in [0.1, 0.15) is 18.3 Å². The van der Waals surface area contributed by atoms with Crippen molar-refractivity contribution < 1.29 is 22.7 Å². The molecule has 4 aromatic rings. The average molecular weight is 642 g/mol. The minimum atomic E-state index is -4.17. The van der Waals surface area contributed by atoms with Crippen LogP contribution in [0.4, 0.5) is 5.69 Å². The zero-order chi connectivity index (χ0) is 33.5. The number of nitrogens with one attached hydrogen (secondary N) is 1. The summed E-state index contributed by atoms with van der Waals surface area (Å²) < 4.78 is 35.0. The molecule has 0 spiro atoms. The van der Waals surface area contributed by atoms with Gasteiger partial charge >= 0.3 is 0 Å². The zero-order valence-corrected chi connectivity index (χ0v) is 28.2. The molecule has 46 heavy (non-hydrogen) atoms. The topological polar surface area (TPSA) is 96.0 Å². The summed E-state index contributed by atoms with van der Waals surface area (Å²) in [5.74, 6) is -0.254.